The first kappa shape index (κ1) is 11.9. The van der Waals surface area contributed by atoms with Crippen LogP contribution in [0.5, 0.6) is 0 Å². The molecule has 3 heteroatoms. The van der Waals surface area contributed by atoms with E-state index in [1.807, 2.05) is 0 Å². The summed E-state index contributed by atoms with van der Waals surface area (Å²) in [7, 11) is 1.50. The van der Waals surface area contributed by atoms with Gasteiger partial charge in [-0.15, -0.1) is 0 Å². The van der Waals surface area contributed by atoms with E-state index in [1.165, 1.54) is 20.0 Å². The molecule has 1 saturated carbocycles. The van der Waals surface area contributed by atoms with Crippen LogP contribution in [0.15, 0.2) is 0 Å². The third-order valence-electron chi connectivity index (χ3n) is 4.38. The second kappa shape index (κ2) is 4.74. The summed E-state index contributed by atoms with van der Waals surface area (Å²) in [6.45, 7) is 4.63. The second-order valence-corrected chi connectivity index (χ2v) is 5.41. The monoisotopic (exact) mass is 225 g/mol. The Morgan fingerprint density at radius 2 is 1.75 bits per heavy atom. The summed E-state index contributed by atoms with van der Waals surface area (Å²) in [4.78, 5) is 14.1. The Kier molecular flexibility index (Phi) is 3.53. The van der Waals surface area contributed by atoms with Crippen molar-refractivity contribution in [1.82, 2.24) is 4.90 Å². The van der Waals surface area contributed by atoms with E-state index in [0.29, 0.717) is 18.1 Å². The van der Waals surface area contributed by atoms with E-state index in [-0.39, 0.29) is 11.9 Å². The predicted octanol–water partition coefficient (Wildman–Crippen LogP) is 2.20. The molecule has 0 aromatic rings. The highest BCUT2D eigenvalue weighted by Crippen LogP contribution is 2.36. The maximum atomic E-state index is 11.5. The van der Waals surface area contributed by atoms with Gasteiger partial charge in [-0.05, 0) is 46.0 Å². The molecule has 0 spiro atoms. The first-order valence-corrected chi connectivity index (χ1v) is 6.48. The number of hydrogen-bond acceptors (Lipinski definition) is 3. The minimum absolute atomic E-state index is 0.0120. The Hall–Kier alpha value is -0.570. The van der Waals surface area contributed by atoms with E-state index >= 15 is 0 Å². The molecule has 2 rings (SSSR count). The van der Waals surface area contributed by atoms with Crippen LogP contribution in [0.1, 0.15) is 46.0 Å². The normalized spacial score (nSPS) is 40.2. The number of methoxy groups -OCH3 is 1. The Bertz CT molecular complexity index is 257. The van der Waals surface area contributed by atoms with Gasteiger partial charge in [-0.2, -0.15) is 0 Å². The number of nitrogens with zero attached hydrogens (tertiary/aromatic N) is 1. The second-order valence-electron chi connectivity index (χ2n) is 5.41. The molecular weight excluding hydrogens is 202 g/mol. The van der Waals surface area contributed by atoms with E-state index in [4.69, 9.17) is 4.74 Å². The highest BCUT2D eigenvalue weighted by Gasteiger charge is 2.39. The van der Waals surface area contributed by atoms with Crippen LogP contribution < -0.4 is 0 Å². The molecule has 92 valence electrons. The lowest BCUT2D eigenvalue weighted by Crippen LogP contribution is -2.40. The summed E-state index contributed by atoms with van der Waals surface area (Å²) in [6.07, 6.45) is 5.78. The van der Waals surface area contributed by atoms with Gasteiger partial charge in [0.2, 0.25) is 0 Å². The van der Waals surface area contributed by atoms with E-state index in [2.05, 4.69) is 18.7 Å². The zero-order chi connectivity index (χ0) is 11.7. The minimum Gasteiger partial charge on any atom is -0.469 e. The molecule has 0 amide bonds. The van der Waals surface area contributed by atoms with Crippen molar-refractivity contribution in [2.75, 3.05) is 7.11 Å². The topological polar surface area (TPSA) is 29.5 Å². The lowest BCUT2D eigenvalue weighted by Gasteiger charge is -2.32. The van der Waals surface area contributed by atoms with Crippen molar-refractivity contribution in [3.05, 3.63) is 0 Å². The summed E-state index contributed by atoms with van der Waals surface area (Å²) < 4.78 is 4.84. The molecule has 1 aliphatic carbocycles. The molecule has 1 saturated heterocycles. The van der Waals surface area contributed by atoms with Gasteiger partial charge in [0.1, 0.15) is 0 Å². The summed E-state index contributed by atoms with van der Waals surface area (Å²) >= 11 is 0. The molecule has 0 aromatic carbocycles. The van der Waals surface area contributed by atoms with Crippen LogP contribution >= 0.6 is 0 Å². The molecule has 2 fully saturated rings. The number of carbonyl (C=O) groups excluding carboxylic acids is 1. The van der Waals surface area contributed by atoms with Crippen LogP contribution in [0.2, 0.25) is 0 Å². The maximum Gasteiger partial charge on any atom is 0.308 e. The fourth-order valence-corrected chi connectivity index (χ4v) is 3.54. The molecule has 4 atom stereocenters. The van der Waals surface area contributed by atoms with Gasteiger partial charge in [0.25, 0.3) is 0 Å². The third-order valence-corrected chi connectivity index (χ3v) is 4.38. The summed E-state index contributed by atoms with van der Waals surface area (Å²) in [5.74, 6) is 0.136. The number of carbonyl (C=O) groups is 1. The molecule has 0 radical (unpaired) electrons. The quantitative estimate of drug-likeness (QED) is 0.675. The van der Waals surface area contributed by atoms with Crippen LogP contribution in [-0.2, 0) is 9.53 Å². The fraction of sp³-hybridized carbons (Fsp3) is 0.923. The lowest BCUT2D eigenvalue weighted by molar-refractivity contribution is -0.145. The van der Waals surface area contributed by atoms with Crippen molar-refractivity contribution in [1.29, 1.82) is 0 Å². The maximum absolute atomic E-state index is 11.5. The van der Waals surface area contributed by atoms with Crippen LogP contribution in [0.3, 0.4) is 0 Å². The Balaban J connectivity index is 1.95. The van der Waals surface area contributed by atoms with Crippen LogP contribution in [-0.4, -0.2) is 36.1 Å². The van der Waals surface area contributed by atoms with Crippen LogP contribution in [0.4, 0.5) is 0 Å². The van der Waals surface area contributed by atoms with Gasteiger partial charge in [-0.25, -0.2) is 0 Å². The average molecular weight is 225 g/mol. The van der Waals surface area contributed by atoms with Crippen LogP contribution in [0, 0.1) is 5.92 Å². The zero-order valence-corrected chi connectivity index (χ0v) is 10.6. The molecule has 0 bridgehead atoms. The van der Waals surface area contributed by atoms with Crippen molar-refractivity contribution in [2.24, 2.45) is 5.92 Å². The van der Waals surface area contributed by atoms with Gasteiger partial charge < -0.3 is 4.74 Å². The summed E-state index contributed by atoms with van der Waals surface area (Å²) in [5.41, 5.74) is 0. The average Bonchev–Trinajstić information content (AvgIpc) is 2.85. The largest absolute Gasteiger partial charge is 0.469 e. The molecule has 0 N–H and O–H groups in total. The standard InChI is InChI=1S/C13H23NO2/c1-9-4-5-10(2)14(9)12-7-6-11(8-12)13(15)16-3/h9-12H,4-8H2,1-3H3/t9?,10?,11-,12+/m0/s1. The summed E-state index contributed by atoms with van der Waals surface area (Å²) in [5, 5.41) is 0. The van der Waals surface area contributed by atoms with E-state index in [1.54, 1.807) is 0 Å². The van der Waals surface area contributed by atoms with Gasteiger partial charge in [-0.1, -0.05) is 0 Å². The molecule has 1 aliphatic heterocycles. The van der Waals surface area contributed by atoms with Gasteiger partial charge in [0.05, 0.1) is 13.0 Å². The third kappa shape index (κ3) is 2.10. The van der Waals surface area contributed by atoms with Crippen molar-refractivity contribution in [3.63, 3.8) is 0 Å². The van der Waals surface area contributed by atoms with Crippen molar-refractivity contribution < 1.29 is 9.53 Å². The smallest absolute Gasteiger partial charge is 0.308 e. The Labute approximate surface area is 98.1 Å². The van der Waals surface area contributed by atoms with Gasteiger partial charge in [-0.3, -0.25) is 9.69 Å². The van der Waals surface area contributed by atoms with E-state index in [0.717, 1.165) is 19.3 Å². The molecule has 2 aliphatic rings. The molecule has 1 heterocycles. The number of ether oxygens (including phenoxy) is 1. The number of rotatable bonds is 2. The Morgan fingerprint density at radius 1 is 1.12 bits per heavy atom. The molecule has 3 nitrogen and oxygen atoms in total. The van der Waals surface area contributed by atoms with Crippen molar-refractivity contribution >= 4 is 5.97 Å². The minimum atomic E-state index is -0.0120. The van der Waals surface area contributed by atoms with Crippen molar-refractivity contribution in [3.8, 4) is 0 Å². The molecule has 2 unspecified atom stereocenters. The fourth-order valence-electron chi connectivity index (χ4n) is 3.54. The van der Waals surface area contributed by atoms with Gasteiger partial charge in [0.15, 0.2) is 0 Å². The summed E-state index contributed by atoms with van der Waals surface area (Å²) in [6, 6.07) is 1.99. The predicted molar refractivity (Wildman–Crippen MR) is 63.1 cm³/mol. The lowest BCUT2D eigenvalue weighted by atomic mass is 10.1. The Morgan fingerprint density at radius 3 is 2.31 bits per heavy atom. The van der Waals surface area contributed by atoms with Gasteiger partial charge in [0, 0.05) is 18.1 Å². The number of likely N-dealkylation sites (tertiary alicyclic amines) is 1. The van der Waals surface area contributed by atoms with Crippen molar-refractivity contribution in [2.45, 2.75) is 64.1 Å². The first-order chi connectivity index (χ1) is 7.63. The SMILES string of the molecule is COC(=O)[C@H]1CC[C@@H](N2C(C)CCC2C)C1. The molecular formula is C13H23NO2. The number of hydrogen-bond donors (Lipinski definition) is 0. The molecule has 0 aromatic heterocycles. The number of esters is 1. The van der Waals surface area contributed by atoms with E-state index < -0.39 is 0 Å². The van der Waals surface area contributed by atoms with E-state index in [9.17, 15) is 4.79 Å². The highest BCUT2D eigenvalue weighted by atomic mass is 16.5. The molecule has 16 heavy (non-hydrogen) atoms. The van der Waals surface area contributed by atoms with Crippen LogP contribution in [0.25, 0.3) is 0 Å². The van der Waals surface area contributed by atoms with Gasteiger partial charge >= 0.3 is 5.97 Å². The zero-order valence-electron chi connectivity index (χ0n) is 10.6. The first-order valence-electron chi connectivity index (χ1n) is 6.48. The highest BCUT2D eigenvalue weighted by molar-refractivity contribution is 5.72.